The maximum atomic E-state index is 12.1. The lowest BCUT2D eigenvalue weighted by molar-refractivity contribution is -0.134. The lowest BCUT2D eigenvalue weighted by atomic mass is 10.1. The molecule has 0 aliphatic carbocycles. The van der Waals surface area contributed by atoms with Crippen LogP contribution in [0, 0.1) is 5.92 Å². The van der Waals surface area contributed by atoms with Crippen molar-refractivity contribution in [2.75, 3.05) is 19.7 Å². The quantitative estimate of drug-likeness (QED) is 0.772. The van der Waals surface area contributed by atoms with Gasteiger partial charge in [-0.3, -0.25) is 4.79 Å². The average Bonchev–Trinajstić information content (AvgIpc) is 2.87. The molecule has 0 bridgehead atoms. The summed E-state index contributed by atoms with van der Waals surface area (Å²) < 4.78 is 5.50. The molecule has 0 radical (unpaired) electrons. The number of hydrogen-bond acceptors (Lipinski definition) is 3. The van der Waals surface area contributed by atoms with Crippen LogP contribution in [0.3, 0.4) is 0 Å². The second-order valence-corrected chi connectivity index (χ2v) is 5.07. The van der Waals surface area contributed by atoms with E-state index < -0.39 is 0 Å². The number of likely N-dealkylation sites (tertiary alicyclic amines) is 1. The van der Waals surface area contributed by atoms with Crippen molar-refractivity contribution in [3.8, 4) is 0 Å². The normalized spacial score (nSPS) is 34.6. The zero-order valence-corrected chi connectivity index (χ0v) is 10.0. The van der Waals surface area contributed by atoms with Crippen LogP contribution in [0.2, 0.25) is 0 Å². The lowest BCUT2D eigenvalue weighted by Crippen LogP contribution is -2.36. The second-order valence-electron chi connectivity index (χ2n) is 5.07. The zero-order chi connectivity index (χ0) is 11.5. The summed E-state index contributed by atoms with van der Waals surface area (Å²) in [4.78, 5) is 14.1. The summed E-state index contributed by atoms with van der Waals surface area (Å²) in [5.41, 5.74) is 5.66. The van der Waals surface area contributed by atoms with Crippen molar-refractivity contribution < 1.29 is 9.53 Å². The molecular weight excluding hydrogens is 204 g/mol. The first-order valence-electron chi connectivity index (χ1n) is 6.32. The van der Waals surface area contributed by atoms with E-state index in [-0.39, 0.29) is 12.0 Å². The van der Waals surface area contributed by atoms with Crippen LogP contribution in [0.4, 0.5) is 0 Å². The van der Waals surface area contributed by atoms with Gasteiger partial charge in [-0.15, -0.1) is 0 Å². The molecule has 1 amide bonds. The van der Waals surface area contributed by atoms with Gasteiger partial charge in [-0.25, -0.2) is 0 Å². The Morgan fingerprint density at radius 1 is 1.56 bits per heavy atom. The van der Waals surface area contributed by atoms with Gasteiger partial charge < -0.3 is 15.4 Å². The van der Waals surface area contributed by atoms with Crippen LogP contribution in [0.15, 0.2) is 0 Å². The van der Waals surface area contributed by atoms with Gasteiger partial charge in [0.05, 0.1) is 12.5 Å². The summed E-state index contributed by atoms with van der Waals surface area (Å²) in [5, 5.41) is 0. The Bertz CT molecular complexity index is 251. The van der Waals surface area contributed by atoms with E-state index in [4.69, 9.17) is 10.5 Å². The van der Waals surface area contributed by atoms with E-state index in [9.17, 15) is 4.79 Å². The Labute approximate surface area is 97.1 Å². The molecule has 2 rings (SSSR count). The number of nitrogens with zero attached hydrogens (tertiary/aromatic N) is 1. The smallest absolute Gasteiger partial charge is 0.225 e. The van der Waals surface area contributed by atoms with Crippen LogP contribution >= 0.6 is 0 Å². The molecule has 2 heterocycles. The van der Waals surface area contributed by atoms with Gasteiger partial charge in [0.25, 0.3) is 0 Å². The highest BCUT2D eigenvalue weighted by molar-refractivity contribution is 5.77. The standard InChI is InChI=1S/C12H22N2O2/c1-9-5-10(7-13)8-14(9)12(15)6-11-3-2-4-16-11/h9-11H,2-8,13H2,1H3. The van der Waals surface area contributed by atoms with E-state index in [0.717, 1.165) is 32.4 Å². The van der Waals surface area contributed by atoms with Crippen LogP contribution in [0.5, 0.6) is 0 Å². The number of hydrogen-bond donors (Lipinski definition) is 1. The Balaban J connectivity index is 1.84. The zero-order valence-electron chi connectivity index (χ0n) is 10.0. The first-order valence-corrected chi connectivity index (χ1v) is 6.32. The number of ether oxygens (including phenoxy) is 1. The molecule has 0 spiro atoms. The first kappa shape index (κ1) is 11.9. The van der Waals surface area contributed by atoms with Gasteiger partial charge in [0.2, 0.25) is 5.91 Å². The molecular formula is C12H22N2O2. The summed E-state index contributed by atoms with van der Waals surface area (Å²) in [6.07, 6.45) is 3.90. The largest absolute Gasteiger partial charge is 0.378 e. The molecule has 4 nitrogen and oxygen atoms in total. The first-order chi connectivity index (χ1) is 7.70. The molecule has 2 fully saturated rings. The van der Waals surface area contributed by atoms with Crippen LogP contribution in [-0.2, 0) is 9.53 Å². The topological polar surface area (TPSA) is 55.6 Å². The number of carbonyl (C=O) groups is 1. The third-order valence-electron chi connectivity index (χ3n) is 3.74. The summed E-state index contributed by atoms with van der Waals surface area (Å²) in [5.74, 6) is 0.735. The second kappa shape index (κ2) is 5.15. The summed E-state index contributed by atoms with van der Waals surface area (Å²) in [7, 11) is 0. The van der Waals surface area contributed by atoms with Crippen molar-refractivity contribution in [2.45, 2.75) is 44.8 Å². The predicted molar refractivity (Wildman–Crippen MR) is 61.9 cm³/mol. The Morgan fingerprint density at radius 2 is 2.38 bits per heavy atom. The van der Waals surface area contributed by atoms with Crippen molar-refractivity contribution in [1.82, 2.24) is 4.90 Å². The van der Waals surface area contributed by atoms with Gasteiger partial charge in [-0.2, -0.15) is 0 Å². The van der Waals surface area contributed by atoms with Gasteiger partial charge in [-0.1, -0.05) is 0 Å². The predicted octanol–water partition coefficient (Wildman–Crippen LogP) is 0.751. The highest BCUT2D eigenvalue weighted by Gasteiger charge is 2.32. The van der Waals surface area contributed by atoms with E-state index in [1.807, 2.05) is 4.90 Å². The minimum Gasteiger partial charge on any atom is -0.378 e. The Morgan fingerprint density at radius 3 is 2.94 bits per heavy atom. The molecule has 3 unspecified atom stereocenters. The minimum atomic E-state index is 0.164. The van der Waals surface area contributed by atoms with Crippen molar-refractivity contribution in [2.24, 2.45) is 11.7 Å². The van der Waals surface area contributed by atoms with Crippen molar-refractivity contribution >= 4 is 5.91 Å². The molecule has 0 aromatic heterocycles. The number of amides is 1. The van der Waals surface area contributed by atoms with E-state index in [1.165, 1.54) is 0 Å². The Kier molecular flexibility index (Phi) is 3.82. The van der Waals surface area contributed by atoms with Gasteiger partial charge >= 0.3 is 0 Å². The third kappa shape index (κ3) is 2.55. The summed E-state index contributed by atoms with van der Waals surface area (Å²) in [6.45, 7) is 4.46. The number of rotatable bonds is 3. The fraction of sp³-hybridized carbons (Fsp3) is 0.917. The molecule has 3 atom stereocenters. The SMILES string of the molecule is CC1CC(CN)CN1C(=O)CC1CCCO1. The maximum absolute atomic E-state index is 12.1. The molecule has 2 saturated heterocycles. The fourth-order valence-electron chi connectivity index (χ4n) is 2.78. The van der Waals surface area contributed by atoms with Crippen LogP contribution in [0.25, 0.3) is 0 Å². The van der Waals surface area contributed by atoms with E-state index >= 15 is 0 Å². The molecule has 2 N–H and O–H groups in total. The van der Waals surface area contributed by atoms with Crippen molar-refractivity contribution in [1.29, 1.82) is 0 Å². The third-order valence-corrected chi connectivity index (χ3v) is 3.74. The van der Waals surface area contributed by atoms with Gasteiger partial charge in [0, 0.05) is 19.2 Å². The van der Waals surface area contributed by atoms with E-state index in [2.05, 4.69) is 6.92 Å². The van der Waals surface area contributed by atoms with E-state index in [0.29, 0.717) is 24.9 Å². The lowest BCUT2D eigenvalue weighted by Gasteiger charge is -2.23. The molecule has 0 saturated carbocycles. The fourth-order valence-corrected chi connectivity index (χ4v) is 2.78. The van der Waals surface area contributed by atoms with E-state index in [1.54, 1.807) is 0 Å². The Hall–Kier alpha value is -0.610. The molecule has 4 heteroatoms. The molecule has 16 heavy (non-hydrogen) atoms. The monoisotopic (exact) mass is 226 g/mol. The van der Waals surface area contributed by atoms with Crippen LogP contribution in [0.1, 0.15) is 32.6 Å². The highest BCUT2D eigenvalue weighted by Crippen LogP contribution is 2.24. The van der Waals surface area contributed by atoms with Crippen molar-refractivity contribution in [3.05, 3.63) is 0 Å². The summed E-state index contributed by atoms with van der Waals surface area (Å²) in [6, 6.07) is 0.349. The van der Waals surface area contributed by atoms with Gasteiger partial charge in [-0.05, 0) is 38.6 Å². The minimum absolute atomic E-state index is 0.164. The van der Waals surface area contributed by atoms with Crippen LogP contribution in [-0.4, -0.2) is 42.6 Å². The van der Waals surface area contributed by atoms with Gasteiger partial charge in [0.15, 0.2) is 0 Å². The number of carbonyl (C=O) groups excluding carboxylic acids is 1. The average molecular weight is 226 g/mol. The summed E-state index contributed by atoms with van der Waals surface area (Å²) >= 11 is 0. The molecule has 0 aromatic rings. The maximum Gasteiger partial charge on any atom is 0.225 e. The van der Waals surface area contributed by atoms with Gasteiger partial charge in [0.1, 0.15) is 0 Å². The molecule has 92 valence electrons. The molecule has 0 aromatic carbocycles. The number of nitrogens with two attached hydrogens (primary N) is 1. The molecule has 2 aliphatic rings. The highest BCUT2D eigenvalue weighted by atomic mass is 16.5. The molecule has 2 aliphatic heterocycles. The van der Waals surface area contributed by atoms with Crippen molar-refractivity contribution in [3.63, 3.8) is 0 Å². The van der Waals surface area contributed by atoms with Crippen LogP contribution < -0.4 is 5.73 Å².